The third-order valence-corrected chi connectivity index (χ3v) is 4.79. The van der Waals surface area contributed by atoms with Crippen molar-refractivity contribution in [1.29, 1.82) is 0 Å². The van der Waals surface area contributed by atoms with Crippen molar-refractivity contribution in [3.8, 4) is 0 Å². The second kappa shape index (κ2) is 4.32. The molecule has 2 N–H and O–H groups in total. The summed E-state index contributed by atoms with van der Waals surface area (Å²) in [6.45, 7) is 0. The standard InChI is InChI=1S/C12H19N3S/c13-12-10-8-16-7-6-11(10)15(14-12)9-4-2-1-3-5-9/h9H,1-8H2,(H2,13,14). The molecule has 1 aromatic rings. The minimum Gasteiger partial charge on any atom is -0.382 e. The van der Waals surface area contributed by atoms with E-state index in [0.717, 1.165) is 18.0 Å². The third-order valence-electron chi connectivity index (χ3n) is 3.80. The minimum absolute atomic E-state index is 0.628. The van der Waals surface area contributed by atoms with Gasteiger partial charge in [-0.2, -0.15) is 16.9 Å². The van der Waals surface area contributed by atoms with Crippen molar-refractivity contribution in [3.05, 3.63) is 11.3 Å². The molecule has 1 aliphatic carbocycles. The van der Waals surface area contributed by atoms with E-state index < -0.39 is 0 Å². The van der Waals surface area contributed by atoms with E-state index in [1.165, 1.54) is 49.1 Å². The van der Waals surface area contributed by atoms with Gasteiger partial charge in [-0.15, -0.1) is 0 Å². The van der Waals surface area contributed by atoms with Crippen LogP contribution in [0.1, 0.15) is 49.4 Å². The van der Waals surface area contributed by atoms with E-state index in [4.69, 9.17) is 5.73 Å². The summed E-state index contributed by atoms with van der Waals surface area (Å²) in [5.74, 6) is 3.08. The average Bonchev–Trinajstić information content (AvgIpc) is 2.69. The zero-order valence-corrected chi connectivity index (χ0v) is 10.4. The van der Waals surface area contributed by atoms with Crippen LogP contribution in [0.3, 0.4) is 0 Å². The summed E-state index contributed by atoms with van der Waals surface area (Å²) < 4.78 is 2.27. The van der Waals surface area contributed by atoms with E-state index in [9.17, 15) is 0 Å². The molecule has 0 amide bonds. The molecule has 3 rings (SSSR count). The lowest BCUT2D eigenvalue weighted by Crippen LogP contribution is -2.18. The van der Waals surface area contributed by atoms with Crippen molar-refractivity contribution < 1.29 is 0 Å². The molecule has 2 aliphatic rings. The SMILES string of the molecule is Nc1nn(C2CCCCC2)c2c1CSCC2. The molecule has 0 saturated heterocycles. The van der Waals surface area contributed by atoms with Crippen LogP contribution >= 0.6 is 11.8 Å². The molecule has 4 heteroatoms. The molecule has 2 heterocycles. The minimum atomic E-state index is 0.628. The first-order chi connectivity index (χ1) is 7.86. The number of rotatable bonds is 1. The Morgan fingerprint density at radius 2 is 2.06 bits per heavy atom. The first kappa shape index (κ1) is 10.5. The largest absolute Gasteiger partial charge is 0.382 e. The van der Waals surface area contributed by atoms with Crippen LogP contribution in [0, 0.1) is 0 Å². The number of anilines is 1. The molecule has 0 bridgehead atoms. The van der Waals surface area contributed by atoms with Gasteiger partial charge < -0.3 is 5.73 Å². The van der Waals surface area contributed by atoms with Gasteiger partial charge in [0.25, 0.3) is 0 Å². The molecule has 16 heavy (non-hydrogen) atoms. The van der Waals surface area contributed by atoms with Crippen LogP contribution in [-0.4, -0.2) is 15.5 Å². The number of fused-ring (bicyclic) bond motifs is 1. The Morgan fingerprint density at radius 3 is 2.88 bits per heavy atom. The van der Waals surface area contributed by atoms with Crippen molar-refractivity contribution in [2.75, 3.05) is 11.5 Å². The second-order valence-electron chi connectivity index (χ2n) is 4.85. The molecule has 0 spiro atoms. The van der Waals surface area contributed by atoms with E-state index in [1.54, 1.807) is 0 Å². The van der Waals surface area contributed by atoms with Crippen LogP contribution in [0.4, 0.5) is 5.82 Å². The van der Waals surface area contributed by atoms with Gasteiger partial charge in [0, 0.05) is 17.0 Å². The fourth-order valence-corrected chi connectivity index (χ4v) is 3.92. The van der Waals surface area contributed by atoms with E-state index >= 15 is 0 Å². The summed E-state index contributed by atoms with van der Waals surface area (Å²) >= 11 is 1.98. The van der Waals surface area contributed by atoms with Gasteiger partial charge in [-0.1, -0.05) is 19.3 Å². The molecule has 0 aromatic carbocycles. The Kier molecular flexibility index (Phi) is 2.84. The van der Waals surface area contributed by atoms with E-state index in [1.807, 2.05) is 11.8 Å². The fourth-order valence-electron chi connectivity index (χ4n) is 2.92. The summed E-state index contributed by atoms with van der Waals surface area (Å²) in [5, 5.41) is 4.60. The number of hydrogen-bond acceptors (Lipinski definition) is 3. The monoisotopic (exact) mass is 237 g/mol. The lowest BCUT2D eigenvalue weighted by atomic mass is 9.95. The topological polar surface area (TPSA) is 43.8 Å². The van der Waals surface area contributed by atoms with Crippen LogP contribution in [0.15, 0.2) is 0 Å². The molecule has 1 aliphatic heterocycles. The second-order valence-corrected chi connectivity index (χ2v) is 5.95. The molecule has 1 fully saturated rings. The summed E-state index contributed by atoms with van der Waals surface area (Å²) in [6, 6.07) is 0.628. The Morgan fingerprint density at radius 1 is 1.25 bits per heavy atom. The number of hydrogen-bond donors (Lipinski definition) is 1. The fraction of sp³-hybridized carbons (Fsp3) is 0.750. The highest BCUT2D eigenvalue weighted by atomic mass is 32.2. The summed E-state index contributed by atoms with van der Waals surface area (Å²) in [5.41, 5.74) is 8.78. The predicted molar refractivity (Wildman–Crippen MR) is 68.6 cm³/mol. The first-order valence-corrected chi connectivity index (χ1v) is 7.45. The zero-order valence-electron chi connectivity index (χ0n) is 9.61. The number of nitrogens with two attached hydrogens (primary N) is 1. The predicted octanol–water partition coefficient (Wildman–Crippen LogP) is 2.76. The number of nitrogens with zero attached hydrogens (tertiary/aromatic N) is 2. The number of thioether (sulfide) groups is 1. The van der Waals surface area contributed by atoms with Crippen LogP contribution in [0.25, 0.3) is 0 Å². The van der Waals surface area contributed by atoms with Crippen LogP contribution < -0.4 is 5.73 Å². The maximum atomic E-state index is 6.02. The van der Waals surface area contributed by atoms with Gasteiger partial charge in [-0.05, 0) is 25.0 Å². The number of nitrogen functional groups attached to an aromatic ring is 1. The normalized spacial score (nSPS) is 22.0. The molecule has 0 radical (unpaired) electrons. The van der Waals surface area contributed by atoms with Crippen molar-refractivity contribution in [1.82, 2.24) is 9.78 Å². The highest BCUT2D eigenvalue weighted by Crippen LogP contribution is 2.35. The highest BCUT2D eigenvalue weighted by molar-refractivity contribution is 7.98. The highest BCUT2D eigenvalue weighted by Gasteiger charge is 2.24. The summed E-state index contributed by atoms with van der Waals surface area (Å²) in [7, 11) is 0. The van der Waals surface area contributed by atoms with Crippen molar-refractivity contribution in [3.63, 3.8) is 0 Å². The third kappa shape index (κ3) is 1.73. The Balaban J connectivity index is 1.93. The molecule has 1 saturated carbocycles. The van der Waals surface area contributed by atoms with Crippen molar-refractivity contribution in [2.24, 2.45) is 0 Å². The van der Waals surface area contributed by atoms with Crippen molar-refractivity contribution in [2.45, 2.75) is 50.3 Å². The molecular formula is C12H19N3S. The van der Waals surface area contributed by atoms with Gasteiger partial charge >= 0.3 is 0 Å². The average molecular weight is 237 g/mol. The zero-order chi connectivity index (χ0) is 11.0. The van der Waals surface area contributed by atoms with Gasteiger partial charge in [-0.3, -0.25) is 4.68 Å². The van der Waals surface area contributed by atoms with Crippen LogP contribution in [0.2, 0.25) is 0 Å². The Hall–Kier alpha value is -0.640. The van der Waals surface area contributed by atoms with Gasteiger partial charge in [0.1, 0.15) is 5.82 Å². The lowest BCUT2D eigenvalue weighted by Gasteiger charge is -2.25. The van der Waals surface area contributed by atoms with E-state index in [-0.39, 0.29) is 0 Å². The van der Waals surface area contributed by atoms with Gasteiger partial charge in [0.05, 0.1) is 6.04 Å². The quantitative estimate of drug-likeness (QED) is 0.816. The maximum Gasteiger partial charge on any atom is 0.149 e. The van der Waals surface area contributed by atoms with Crippen LogP contribution in [-0.2, 0) is 12.2 Å². The Labute approximate surface area is 101 Å². The van der Waals surface area contributed by atoms with E-state index in [0.29, 0.717) is 6.04 Å². The lowest BCUT2D eigenvalue weighted by molar-refractivity contribution is 0.323. The molecule has 1 aromatic heterocycles. The summed E-state index contributed by atoms with van der Waals surface area (Å²) in [4.78, 5) is 0. The van der Waals surface area contributed by atoms with Gasteiger partial charge in [-0.25, -0.2) is 0 Å². The van der Waals surface area contributed by atoms with E-state index in [2.05, 4.69) is 9.78 Å². The van der Waals surface area contributed by atoms with Gasteiger partial charge in [0.15, 0.2) is 0 Å². The first-order valence-electron chi connectivity index (χ1n) is 6.30. The maximum absolute atomic E-state index is 6.02. The molecule has 3 nitrogen and oxygen atoms in total. The smallest absolute Gasteiger partial charge is 0.149 e. The Bertz CT molecular complexity index is 380. The molecule has 0 unspecified atom stereocenters. The van der Waals surface area contributed by atoms with Gasteiger partial charge in [0.2, 0.25) is 0 Å². The molecule has 88 valence electrons. The summed E-state index contributed by atoms with van der Waals surface area (Å²) in [6.07, 6.45) is 7.84. The molecular weight excluding hydrogens is 218 g/mol. The molecule has 0 atom stereocenters. The van der Waals surface area contributed by atoms with Crippen LogP contribution in [0.5, 0.6) is 0 Å². The number of aromatic nitrogens is 2. The van der Waals surface area contributed by atoms with Crippen molar-refractivity contribution >= 4 is 17.6 Å².